The number of Topliss-reactive ketones (excluding diaryl/α,β-unsaturated/α-hetero) is 1. The van der Waals surface area contributed by atoms with Gasteiger partial charge in [0, 0.05) is 5.92 Å². The van der Waals surface area contributed by atoms with Crippen LogP contribution in [0.4, 0.5) is 0 Å². The van der Waals surface area contributed by atoms with Crippen molar-refractivity contribution in [3.8, 4) is 0 Å². The Morgan fingerprint density at radius 1 is 1.50 bits per heavy atom. The zero-order valence-electron chi connectivity index (χ0n) is 7.50. The number of carbonyl (C=O) groups is 2. The van der Waals surface area contributed by atoms with Gasteiger partial charge in [-0.15, -0.1) is 0 Å². The summed E-state index contributed by atoms with van der Waals surface area (Å²) in [6, 6.07) is 0. The second kappa shape index (κ2) is 3.70. The average molecular weight is 170 g/mol. The minimum atomic E-state index is -0.558. The van der Waals surface area contributed by atoms with E-state index < -0.39 is 5.92 Å². The van der Waals surface area contributed by atoms with Crippen LogP contribution in [0.25, 0.3) is 0 Å². The quantitative estimate of drug-likeness (QED) is 0.469. The Bertz CT molecular complexity index is 194. The highest BCUT2D eigenvalue weighted by Gasteiger charge is 2.36. The lowest BCUT2D eigenvalue weighted by molar-refractivity contribution is -0.151. The van der Waals surface area contributed by atoms with Gasteiger partial charge in [-0.1, -0.05) is 0 Å². The molecule has 1 aliphatic carbocycles. The summed E-state index contributed by atoms with van der Waals surface area (Å²) in [5.41, 5.74) is 0. The van der Waals surface area contributed by atoms with E-state index in [4.69, 9.17) is 4.74 Å². The van der Waals surface area contributed by atoms with E-state index in [0.29, 0.717) is 6.61 Å². The Kier molecular flexibility index (Phi) is 2.84. The van der Waals surface area contributed by atoms with E-state index in [2.05, 4.69) is 0 Å². The average Bonchev–Trinajstić information content (AvgIpc) is 2.84. The van der Waals surface area contributed by atoms with Gasteiger partial charge < -0.3 is 4.74 Å². The molecule has 3 nitrogen and oxygen atoms in total. The van der Waals surface area contributed by atoms with Crippen LogP contribution in [0.3, 0.4) is 0 Å². The third kappa shape index (κ3) is 2.06. The van der Waals surface area contributed by atoms with Crippen LogP contribution in [-0.2, 0) is 14.3 Å². The molecular weight excluding hydrogens is 156 g/mol. The van der Waals surface area contributed by atoms with Gasteiger partial charge in [0.15, 0.2) is 0 Å². The summed E-state index contributed by atoms with van der Waals surface area (Å²) in [5.74, 6) is -0.746. The molecule has 0 N–H and O–H groups in total. The van der Waals surface area contributed by atoms with E-state index in [9.17, 15) is 9.59 Å². The zero-order chi connectivity index (χ0) is 9.14. The maximum absolute atomic E-state index is 11.3. The molecule has 0 aromatic heterocycles. The molecular formula is C9H14O3. The number of esters is 1. The predicted molar refractivity (Wildman–Crippen MR) is 43.5 cm³/mol. The second-order valence-electron chi connectivity index (χ2n) is 3.15. The highest BCUT2D eigenvalue weighted by molar-refractivity contribution is 6.00. The summed E-state index contributed by atoms with van der Waals surface area (Å²) in [4.78, 5) is 22.4. The number of carbonyl (C=O) groups excluding carboxylic acids is 2. The lowest BCUT2D eigenvalue weighted by atomic mass is 10.0. The molecule has 1 saturated carbocycles. The van der Waals surface area contributed by atoms with Crippen molar-refractivity contribution in [3.05, 3.63) is 0 Å². The van der Waals surface area contributed by atoms with Gasteiger partial charge >= 0.3 is 5.97 Å². The summed E-state index contributed by atoms with van der Waals surface area (Å²) in [7, 11) is 0. The molecule has 1 aliphatic rings. The van der Waals surface area contributed by atoms with Crippen LogP contribution in [-0.4, -0.2) is 18.4 Å². The fourth-order valence-corrected chi connectivity index (χ4v) is 1.10. The molecule has 0 aliphatic heterocycles. The molecule has 3 heteroatoms. The van der Waals surface area contributed by atoms with Crippen molar-refractivity contribution in [1.29, 1.82) is 0 Å². The van der Waals surface area contributed by atoms with Gasteiger partial charge in [-0.05, 0) is 26.7 Å². The first-order chi connectivity index (χ1) is 5.66. The molecule has 0 aromatic rings. The maximum Gasteiger partial charge on any atom is 0.316 e. The van der Waals surface area contributed by atoms with Crippen LogP contribution >= 0.6 is 0 Å². The first-order valence-corrected chi connectivity index (χ1v) is 4.37. The van der Waals surface area contributed by atoms with Gasteiger partial charge in [-0.2, -0.15) is 0 Å². The van der Waals surface area contributed by atoms with Crippen molar-refractivity contribution in [2.24, 2.45) is 11.8 Å². The molecule has 0 saturated heterocycles. The molecule has 0 amide bonds. The molecule has 1 fully saturated rings. The number of ether oxygens (including phenoxy) is 1. The summed E-state index contributed by atoms with van der Waals surface area (Å²) in [6.45, 7) is 3.71. The van der Waals surface area contributed by atoms with Gasteiger partial charge in [0.25, 0.3) is 0 Å². The van der Waals surface area contributed by atoms with Gasteiger partial charge in [-0.25, -0.2) is 0 Å². The van der Waals surface area contributed by atoms with Gasteiger partial charge in [0.1, 0.15) is 11.7 Å². The van der Waals surface area contributed by atoms with Crippen molar-refractivity contribution in [2.45, 2.75) is 26.7 Å². The normalized spacial score (nSPS) is 18.5. The Morgan fingerprint density at radius 3 is 2.50 bits per heavy atom. The van der Waals surface area contributed by atoms with Crippen LogP contribution in [0.2, 0.25) is 0 Å². The maximum atomic E-state index is 11.3. The highest BCUT2D eigenvalue weighted by atomic mass is 16.5. The zero-order valence-corrected chi connectivity index (χ0v) is 7.50. The number of hydrogen-bond donors (Lipinski definition) is 0. The van der Waals surface area contributed by atoms with Crippen molar-refractivity contribution < 1.29 is 14.3 Å². The summed E-state index contributed by atoms with van der Waals surface area (Å²) in [5, 5.41) is 0. The van der Waals surface area contributed by atoms with Gasteiger partial charge in [0.2, 0.25) is 0 Å². The molecule has 0 unspecified atom stereocenters. The molecule has 12 heavy (non-hydrogen) atoms. The van der Waals surface area contributed by atoms with Crippen molar-refractivity contribution in [3.63, 3.8) is 0 Å². The van der Waals surface area contributed by atoms with E-state index in [1.54, 1.807) is 13.8 Å². The second-order valence-corrected chi connectivity index (χ2v) is 3.15. The Morgan fingerprint density at radius 2 is 2.08 bits per heavy atom. The fourth-order valence-electron chi connectivity index (χ4n) is 1.10. The van der Waals surface area contributed by atoms with E-state index in [0.717, 1.165) is 12.8 Å². The van der Waals surface area contributed by atoms with Crippen LogP contribution in [0.15, 0.2) is 0 Å². The van der Waals surface area contributed by atoms with Crippen LogP contribution in [0.5, 0.6) is 0 Å². The smallest absolute Gasteiger partial charge is 0.316 e. The summed E-state index contributed by atoms with van der Waals surface area (Å²) >= 11 is 0. The SMILES string of the molecule is CCOC(=O)[C@H](C)C(=O)C1CC1. The van der Waals surface area contributed by atoms with Crippen molar-refractivity contribution in [1.82, 2.24) is 0 Å². The van der Waals surface area contributed by atoms with E-state index in [-0.39, 0.29) is 17.7 Å². The Balaban J connectivity index is 2.39. The topological polar surface area (TPSA) is 43.4 Å². The number of rotatable bonds is 4. The Hall–Kier alpha value is -0.860. The van der Waals surface area contributed by atoms with Crippen LogP contribution < -0.4 is 0 Å². The molecule has 68 valence electrons. The molecule has 0 heterocycles. The molecule has 0 radical (unpaired) electrons. The lowest BCUT2D eigenvalue weighted by Crippen LogP contribution is -2.24. The first-order valence-electron chi connectivity index (χ1n) is 4.37. The van der Waals surface area contributed by atoms with Gasteiger partial charge in [-0.3, -0.25) is 9.59 Å². The molecule has 1 rings (SSSR count). The van der Waals surface area contributed by atoms with E-state index in [1.165, 1.54) is 0 Å². The number of ketones is 1. The largest absolute Gasteiger partial charge is 0.465 e. The standard InChI is InChI=1S/C9H14O3/c1-3-12-9(11)6(2)8(10)7-4-5-7/h6-7H,3-5H2,1-2H3/t6-/m1/s1. The number of hydrogen-bond acceptors (Lipinski definition) is 3. The van der Waals surface area contributed by atoms with Crippen LogP contribution in [0, 0.1) is 11.8 Å². The third-order valence-corrected chi connectivity index (χ3v) is 2.05. The molecule has 0 bridgehead atoms. The van der Waals surface area contributed by atoms with Gasteiger partial charge in [0.05, 0.1) is 6.61 Å². The summed E-state index contributed by atoms with van der Waals surface area (Å²) < 4.78 is 4.74. The van der Waals surface area contributed by atoms with Crippen molar-refractivity contribution in [2.75, 3.05) is 6.61 Å². The minimum Gasteiger partial charge on any atom is -0.465 e. The Labute approximate surface area is 72.1 Å². The molecule has 0 spiro atoms. The third-order valence-electron chi connectivity index (χ3n) is 2.05. The first kappa shape index (κ1) is 9.23. The lowest BCUT2D eigenvalue weighted by Gasteiger charge is -2.07. The highest BCUT2D eigenvalue weighted by Crippen LogP contribution is 2.32. The predicted octanol–water partition coefficient (Wildman–Crippen LogP) is 1.16. The monoisotopic (exact) mass is 170 g/mol. The molecule has 0 aromatic carbocycles. The van der Waals surface area contributed by atoms with E-state index >= 15 is 0 Å². The minimum absolute atomic E-state index is 0.0495. The fraction of sp³-hybridized carbons (Fsp3) is 0.778. The van der Waals surface area contributed by atoms with E-state index in [1.807, 2.05) is 0 Å². The van der Waals surface area contributed by atoms with Crippen LogP contribution in [0.1, 0.15) is 26.7 Å². The summed E-state index contributed by atoms with van der Waals surface area (Å²) in [6.07, 6.45) is 1.89. The molecule has 1 atom stereocenters. The van der Waals surface area contributed by atoms with Crippen molar-refractivity contribution >= 4 is 11.8 Å².